The molecule has 9 aromatic carbocycles. The van der Waals surface area contributed by atoms with Crippen molar-refractivity contribution < 1.29 is 0 Å². The second-order valence-electron chi connectivity index (χ2n) is 26.9. The Morgan fingerprint density at radius 2 is 0.655 bits per heavy atom. The van der Waals surface area contributed by atoms with Crippen LogP contribution in [0.5, 0.6) is 0 Å². The number of benzene rings is 9. The Kier molecular flexibility index (Phi) is 13.0. The van der Waals surface area contributed by atoms with Crippen LogP contribution in [0.4, 0.5) is 0 Å². The van der Waals surface area contributed by atoms with Crippen molar-refractivity contribution in [2.75, 3.05) is 0 Å². The highest BCUT2D eigenvalue weighted by Gasteiger charge is 2.27. The Balaban J connectivity index is 1.13. The Bertz CT molecular complexity index is 4380. The maximum atomic E-state index is 5.60. The van der Waals surface area contributed by atoms with Gasteiger partial charge >= 0.3 is 0 Å². The van der Waals surface area contributed by atoms with Crippen molar-refractivity contribution in [3.05, 3.63) is 241 Å². The molecule has 0 radical (unpaired) electrons. The van der Waals surface area contributed by atoms with Gasteiger partial charge in [-0.05, 0) is 151 Å². The highest BCUT2D eigenvalue weighted by atomic mass is 15.0. The number of para-hydroxylation sites is 2. The fourth-order valence-electron chi connectivity index (χ4n) is 12.0. The van der Waals surface area contributed by atoms with Gasteiger partial charge in [0.05, 0.1) is 39.6 Å². The van der Waals surface area contributed by atoms with E-state index in [1.807, 2.05) is 12.4 Å². The predicted molar refractivity (Wildman–Crippen MR) is 354 cm³/mol. The van der Waals surface area contributed by atoms with Gasteiger partial charge in [-0.3, -0.25) is 4.98 Å². The Morgan fingerprint density at radius 3 is 1.10 bits per heavy atom. The van der Waals surface area contributed by atoms with Crippen LogP contribution in [0.15, 0.2) is 219 Å². The molecule has 6 heteroatoms. The molecule has 0 saturated carbocycles. The Hall–Kier alpha value is -9.26. The van der Waals surface area contributed by atoms with E-state index in [0.29, 0.717) is 17.5 Å². The summed E-state index contributed by atoms with van der Waals surface area (Å²) in [6, 6.07) is 75.6. The van der Waals surface area contributed by atoms with Gasteiger partial charge in [0.15, 0.2) is 17.5 Å². The summed E-state index contributed by atoms with van der Waals surface area (Å²) in [6.07, 6.45) is 3.95. The van der Waals surface area contributed by atoms with Crippen LogP contribution in [0.25, 0.3) is 123 Å². The molecule has 84 heavy (non-hydrogen) atoms. The van der Waals surface area contributed by atoms with Crippen molar-refractivity contribution in [2.45, 2.75) is 105 Å². The largest absolute Gasteiger partial charge is 0.309 e. The molecule has 414 valence electrons. The number of pyridine rings is 1. The minimum absolute atomic E-state index is 0.125. The molecule has 0 unspecified atom stereocenters. The van der Waals surface area contributed by atoms with E-state index >= 15 is 0 Å². The number of fused-ring (bicyclic) bond motifs is 6. The van der Waals surface area contributed by atoms with Crippen LogP contribution in [0.1, 0.15) is 105 Å². The van der Waals surface area contributed by atoms with Crippen molar-refractivity contribution in [1.82, 2.24) is 29.1 Å². The second kappa shape index (κ2) is 20.3. The van der Waals surface area contributed by atoms with Crippen molar-refractivity contribution in [1.29, 1.82) is 0 Å². The Morgan fingerprint density at radius 1 is 0.274 bits per heavy atom. The quantitative estimate of drug-likeness (QED) is 0.152. The van der Waals surface area contributed by atoms with Crippen LogP contribution in [0.2, 0.25) is 0 Å². The molecule has 0 saturated heterocycles. The molecule has 13 rings (SSSR count). The predicted octanol–water partition coefficient (Wildman–Crippen LogP) is 20.7. The third-order valence-corrected chi connectivity index (χ3v) is 16.9. The fraction of sp³-hybridized carbons (Fsp3) is 0.205. The number of hydrogen-bond donors (Lipinski definition) is 0. The molecular formula is C78H72N6. The van der Waals surface area contributed by atoms with Crippen LogP contribution in [-0.4, -0.2) is 29.1 Å². The SMILES string of the molecule is CC(C)(C)c1cc(-c2nc(-c3cc(C(C)(C)C)cc(C(C)(C)C)c3)nc(-c3ccc(-n4c5ccc(-c6ccccc6)cc5c5cc(-c6ccccc6)ccc54)c(-c4ccncc4-n4c5ccccc5c5ccccc54)c3)n2)cc(C(C)(C)C)c1. The van der Waals surface area contributed by atoms with E-state index in [0.717, 1.165) is 72.4 Å². The molecule has 6 nitrogen and oxygen atoms in total. The third-order valence-electron chi connectivity index (χ3n) is 16.9. The first kappa shape index (κ1) is 54.0. The van der Waals surface area contributed by atoms with Crippen LogP contribution >= 0.6 is 0 Å². The van der Waals surface area contributed by atoms with Gasteiger partial charge < -0.3 is 9.13 Å². The number of aromatic nitrogens is 6. The molecule has 0 spiro atoms. The van der Waals surface area contributed by atoms with E-state index in [2.05, 4.69) is 298 Å². The average Bonchev–Trinajstić information content (AvgIpc) is 1.95. The van der Waals surface area contributed by atoms with Crippen molar-refractivity contribution in [3.8, 4) is 78.9 Å². The zero-order valence-corrected chi connectivity index (χ0v) is 50.5. The summed E-state index contributed by atoms with van der Waals surface area (Å²) in [6.45, 7) is 27.4. The summed E-state index contributed by atoms with van der Waals surface area (Å²) in [5, 5.41) is 4.71. The highest BCUT2D eigenvalue weighted by molar-refractivity contribution is 6.13. The molecule has 13 aromatic rings. The van der Waals surface area contributed by atoms with Crippen LogP contribution in [-0.2, 0) is 21.7 Å². The average molecular weight is 1090 g/mol. The summed E-state index contributed by atoms with van der Waals surface area (Å²) in [7, 11) is 0. The van der Waals surface area contributed by atoms with Gasteiger partial charge in [-0.2, -0.15) is 0 Å². The summed E-state index contributed by atoms with van der Waals surface area (Å²) in [4.78, 5) is 21.6. The Labute approximate surface area is 494 Å². The summed E-state index contributed by atoms with van der Waals surface area (Å²) in [5.41, 5.74) is 20.3. The minimum atomic E-state index is -0.125. The van der Waals surface area contributed by atoms with E-state index in [9.17, 15) is 0 Å². The smallest absolute Gasteiger partial charge is 0.164 e. The minimum Gasteiger partial charge on any atom is -0.309 e. The van der Waals surface area contributed by atoms with E-state index in [1.165, 1.54) is 54.9 Å². The molecule has 0 bridgehead atoms. The maximum Gasteiger partial charge on any atom is 0.164 e. The second-order valence-corrected chi connectivity index (χ2v) is 26.9. The van der Waals surface area contributed by atoms with Gasteiger partial charge in [0.1, 0.15) is 0 Å². The zero-order chi connectivity index (χ0) is 58.5. The van der Waals surface area contributed by atoms with E-state index in [1.54, 1.807) is 0 Å². The van der Waals surface area contributed by atoms with Crippen molar-refractivity contribution in [2.24, 2.45) is 0 Å². The maximum absolute atomic E-state index is 5.60. The van der Waals surface area contributed by atoms with Gasteiger partial charge in [-0.15, -0.1) is 0 Å². The molecule has 0 fully saturated rings. The fourth-order valence-corrected chi connectivity index (χ4v) is 12.0. The van der Waals surface area contributed by atoms with Gasteiger partial charge in [0.2, 0.25) is 0 Å². The normalized spacial score (nSPS) is 12.5. The lowest BCUT2D eigenvalue weighted by Crippen LogP contribution is -2.17. The van der Waals surface area contributed by atoms with E-state index < -0.39 is 0 Å². The molecule has 0 N–H and O–H groups in total. The van der Waals surface area contributed by atoms with Crippen molar-refractivity contribution >= 4 is 43.6 Å². The summed E-state index contributed by atoms with van der Waals surface area (Å²) < 4.78 is 4.85. The molecule has 4 heterocycles. The lowest BCUT2D eigenvalue weighted by atomic mass is 9.79. The number of rotatable bonds is 8. The number of hydrogen-bond acceptors (Lipinski definition) is 4. The van der Waals surface area contributed by atoms with Gasteiger partial charge in [-0.25, -0.2) is 15.0 Å². The molecule has 0 aliphatic rings. The zero-order valence-electron chi connectivity index (χ0n) is 50.5. The van der Waals surface area contributed by atoms with E-state index in [4.69, 9.17) is 19.9 Å². The first-order valence-corrected chi connectivity index (χ1v) is 29.5. The van der Waals surface area contributed by atoms with Crippen molar-refractivity contribution in [3.63, 3.8) is 0 Å². The molecule has 0 amide bonds. The molecule has 4 aromatic heterocycles. The van der Waals surface area contributed by atoms with Crippen LogP contribution < -0.4 is 0 Å². The molecular weight excluding hydrogens is 1020 g/mol. The lowest BCUT2D eigenvalue weighted by Gasteiger charge is -2.26. The lowest BCUT2D eigenvalue weighted by molar-refractivity contribution is 0.568. The highest BCUT2D eigenvalue weighted by Crippen LogP contribution is 2.45. The first-order chi connectivity index (χ1) is 40.2. The first-order valence-electron chi connectivity index (χ1n) is 29.5. The van der Waals surface area contributed by atoms with E-state index in [-0.39, 0.29) is 21.7 Å². The van der Waals surface area contributed by atoms with Gasteiger partial charge in [-0.1, -0.05) is 204 Å². The standard InChI is InChI=1S/C78H72N6/c1-75(2,3)56-39-54(40-57(46-56)76(4,5)6)73-80-72(81-74(82-73)55-41-58(77(7,8)9)47-59(42-55)78(10,11)12)53-33-36-68(63(45-53)62-37-38-79-48-71(62)84-66-29-21-19-27-60(66)61-28-20-22-30-67(61)84)83-69-34-31-51(49-23-15-13-16-24-49)43-64(69)65-44-52(32-35-70(65)83)50-25-17-14-18-26-50/h13-48H,1-12H3. The summed E-state index contributed by atoms with van der Waals surface area (Å²) in [5.74, 6) is 1.86. The third kappa shape index (κ3) is 9.87. The van der Waals surface area contributed by atoms with Gasteiger partial charge in [0.25, 0.3) is 0 Å². The molecule has 0 atom stereocenters. The summed E-state index contributed by atoms with van der Waals surface area (Å²) >= 11 is 0. The topological polar surface area (TPSA) is 61.4 Å². The molecule has 0 aliphatic heterocycles. The van der Waals surface area contributed by atoms with Gasteiger partial charge in [0, 0.05) is 55.6 Å². The number of nitrogens with zero attached hydrogens (tertiary/aromatic N) is 6. The van der Waals surface area contributed by atoms with Crippen LogP contribution in [0, 0.1) is 0 Å². The van der Waals surface area contributed by atoms with Crippen LogP contribution in [0.3, 0.4) is 0 Å². The molecule has 0 aliphatic carbocycles. The monoisotopic (exact) mass is 1090 g/mol.